The van der Waals surface area contributed by atoms with Gasteiger partial charge < -0.3 is 5.73 Å². The molecule has 116 valence electrons. The van der Waals surface area contributed by atoms with Crippen LogP contribution in [0.15, 0.2) is 36.4 Å². The van der Waals surface area contributed by atoms with E-state index in [1.54, 1.807) is 0 Å². The lowest BCUT2D eigenvalue weighted by atomic mass is 10.1. The number of hydrogen-bond acceptors (Lipinski definition) is 1. The van der Waals surface area contributed by atoms with Crippen molar-refractivity contribution < 1.29 is 13.6 Å². The zero-order valence-corrected chi connectivity index (χ0v) is 13.0. The third kappa shape index (κ3) is 4.18. The van der Waals surface area contributed by atoms with Crippen LogP contribution in [0.2, 0.25) is 10.0 Å². The highest BCUT2D eigenvalue weighted by atomic mass is 35.5. The highest BCUT2D eigenvalue weighted by Crippen LogP contribution is 2.43. The molecule has 0 atom stereocenters. The number of carbonyl (C=O) groups excluding carboxylic acids is 1. The van der Waals surface area contributed by atoms with E-state index in [0.717, 1.165) is 28.2 Å². The molecule has 2 nitrogen and oxygen atoms in total. The molecular formula is C16H13Cl2F2NO. The Bertz CT molecular complexity index is 682. The maximum Gasteiger partial charge on any atom is 0.254 e. The molecule has 2 aromatic carbocycles. The molecule has 2 N–H and O–H groups in total. The molecule has 2 aromatic rings. The zero-order valence-electron chi connectivity index (χ0n) is 11.5. The van der Waals surface area contributed by atoms with Crippen molar-refractivity contribution in [3.63, 3.8) is 0 Å². The zero-order chi connectivity index (χ0) is 16.3. The second-order valence-electron chi connectivity index (χ2n) is 4.90. The molecule has 0 radical (unpaired) electrons. The summed E-state index contributed by atoms with van der Waals surface area (Å²) >= 11 is 11.7. The molecule has 0 heterocycles. The highest BCUT2D eigenvalue weighted by molar-refractivity contribution is 6.35. The van der Waals surface area contributed by atoms with E-state index in [9.17, 15) is 13.6 Å². The first kappa shape index (κ1) is 16.7. The Balaban J connectivity index is 0.000000160. The molecule has 0 saturated heterocycles. The van der Waals surface area contributed by atoms with Crippen molar-refractivity contribution in [1.82, 2.24) is 0 Å². The number of primary amides is 1. The first-order valence-corrected chi connectivity index (χ1v) is 7.34. The normalized spacial score (nSPS) is 13.3. The quantitative estimate of drug-likeness (QED) is 0.824. The van der Waals surface area contributed by atoms with Gasteiger partial charge in [0.1, 0.15) is 17.2 Å². The molecule has 1 aliphatic carbocycles. The van der Waals surface area contributed by atoms with Crippen LogP contribution in [0, 0.1) is 11.6 Å². The molecule has 1 fully saturated rings. The van der Waals surface area contributed by atoms with E-state index in [1.165, 1.54) is 18.4 Å². The summed E-state index contributed by atoms with van der Waals surface area (Å²) in [5.74, 6) is -2.25. The van der Waals surface area contributed by atoms with E-state index in [4.69, 9.17) is 28.9 Å². The first-order chi connectivity index (χ1) is 10.4. The second kappa shape index (κ2) is 7.07. The average molecular weight is 344 g/mol. The third-order valence-corrected chi connectivity index (χ3v) is 3.75. The summed E-state index contributed by atoms with van der Waals surface area (Å²) in [6.45, 7) is 0. The fourth-order valence-corrected chi connectivity index (χ4v) is 2.52. The minimum atomic E-state index is -1.10. The molecule has 1 amide bonds. The summed E-state index contributed by atoms with van der Waals surface area (Å²) in [7, 11) is 0. The van der Waals surface area contributed by atoms with Crippen molar-refractivity contribution >= 4 is 29.1 Å². The van der Waals surface area contributed by atoms with Gasteiger partial charge in [0.2, 0.25) is 0 Å². The van der Waals surface area contributed by atoms with Gasteiger partial charge in [-0.1, -0.05) is 35.3 Å². The van der Waals surface area contributed by atoms with Gasteiger partial charge in [-0.2, -0.15) is 0 Å². The van der Waals surface area contributed by atoms with E-state index in [1.807, 2.05) is 18.2 Å². The molecule has 6 heteroatoms. The highest BCUT2D eigenvalue weighted by Gasteiger charge is 2.25. The predicted octanol–water partition coefficient (Wildman–Crippen LogP) is 4.93. The lowest BCUT2D eigenvalue weighted by molar-refractivity contribution is 0.0992. The van der Waals surface area contributed by atoms with Crippen molar-refractivity contribution in [3.8, 4) is 0 Å². The summed E-state index contributed by atoms with van der Waals surface area (Å²) in [6.07, 6.45) is 2.56. The maximum atomic E-state index is 12.6. The molecule has 1 saturated carbocycles. The molecule has 22 heavy (non-hydrogen) atoms. The summed E-state index contributed by atoms with van der Waals surface area (Å²) in [5.41, 5.74) is 5.27. The van der Waals surface area contributed by atoms with Crippen LogP contribution in [0.5, 0.6) is 0 Å². The van der Waals surface area contributed by atoms with Crippen LogP contribution in [0.4, 0.5) is 8.78 Å². The second-order valence-corrected chi connectivity index (χ2v) is 5.74. The number of nitrogens with two attached hydrogens (primary N) is 1. The SMILES string of the molecule is Clc1ccc(C2CC2)c(Cl)c1.NC(=O)c1c(F)cccc1F. The van der Waals surface area contributed by atoms with Crippen molar-refractivity contribution in [2.75, 3.05) is 0 Å². The topological polar surface area (TPSA) is 43.1 Å². The fraction of sp³-hybridized carbons (Fsp3) is 0.188. The van der Waals surface area contributed by atoms with Crippen LogP contribution >= 0.6 is 23.2 Å². The van der Waals surface area contributed by atoms with Crippen LogP contribution in [-0.4, -0.2) is 5.91 Å². The van der Waals surface area contributed by atoms with Crippen LogP contribution in [0.3, 0.4) is 0 Å². The van der Waals surface area contributed by atoms with Crippen molar-refractivity contribution in [2.24, 2.45) is 5.73 Å². The molecule has 3 rings (SSSR count). The lowest BCUT2D eigenvalue weighted by Gasteiger charge is -2.00. The number of carbonyl (C=O) groups is 1. The first-order valence-electron chi connectivity index (χ1n) is 6.59. The largest absolute Gasteiger partial charge is 0.365 e. The van der Waals surface area contributed by atoms with Gasteiger partial charge in [-0.15, -0.1) is 0 Å². The number of hydrogen-bond donors (Lipinski definition) is 1. The summed E-state index contributed by atoms with van der Waals surface area (Å²) < 4.78 is 25.1. The number of rotatable bonds is 2. The Kier molecular flexibility index (Phi) is 5.37. The van der Waals surface area contributed by atoms with Crippen LogP contribution in [0.25, 0.3) is 0 Å². The molecule has 0 aromatic heterocycles. The molecule has 0 unspecified atom stereocenters. The Hall–Kier alpha value is -1.65. The van der Waals surface area contributed by atoms with Gasteiger partial charge >= 0.3 is 0 Å². The molecule has 0 bridgehead atoms. The van der Waals surface area contributed by atoms with E-state index in [-0.39, 0.29) is 0 Å². The van der Waals surface area contributed by atoms with Crippen LogP contribution < -0.4 is 5.73 Å². The number of benzene rings is 2. The van der Waals surface area contributed by atoms with Crippen LogP contribution in [-0.2, 0) is 0 Å². The lowest BCUT2D eigenvalue weighted by Crippen LogP contribution is -2.15. The summed E-state index contributed by atoms with van der Waals surface area (Å²) in [4.78, 5) is 10.4. The minimum absolute atomic E-state index is 0.687. The number of halogens is 4. The third-order valence-electron chi connectivity index (χ3n) is 3.19. The van der Waals surface area contributed by atoms with Crippen molar-refractivity contribution in [3.05, 3.63) is 69.2 Å². The van der Waals surface area contributed by atoms with Gasteiger partial charge in [0.25, 0.3) is 5.91 Å². The minimum Gasteiger partial charge on any atom is -0.365 e. The smallest absolute Gasteiger partial charge is 0.254 e. The van der Waals surface area contributed by atoms with E-state index in [2.05, 4.69) is 0 Å². The standard InChI is InChI=1S/C9H8Cl2.C7H5F2NO/c10-7-3-4-8(6-1-2-6)9(11)5-7;8-4-2-1-3-5(9)6(4)7(10)11/h3-6H,1-2H2;1-3H,(H2,10,11). The van der Waals surface area contributed by atoms with Gasteiger partial charge in [0, 0.05) is 10.0 Å². The molecule has 0 aliphatic heterocycles. The van der Waals surface area contributed by atoms with E-state index in [0.29, 0.717) is 5.92 Å². The van der Waals surface area contributed by atoms with Gasteiger partial charge in [-0.3, -0.25) is 4.79 Å². The van der Waals surface area contributed by atoms with Gasteiger partial charge in [-0.25, -0.2) is 8.78 Å². The predicted molar refractivity (Wildman–Crippen MR) is 83.3 cm³/mol. The van der Waals surface area contributed by atoms with Crippen LogP contribution in [0.1, 0.15) is 34.7 Å². The summed E-state index contributed by atoms with van der Waals surface area (Å²) in [5, 5.41) is 1.54. The number of amides is 1. The molecular weight excluding hydrogens is 331 g/mol. The monoisotopic (exact) mass is 343 g/mol. The van der Waals surface area contributed by atoms with Gasteiger partial charge in [0.15, 0.2) is 0 Å². The Labute approximate surface area is 136 Å². The molecule has 1 aliphatic rings. The summed E-state index contributed by atoms with van der Waals surface area (Å²) in [6, 6.07) is 8.86. The fourth-order valence-electron chi connectivity index (χ4n) is 1.96. The van der Waals surface area contributed by atoms with Crippen molar-refractivity contribution in [1.29, 1.82) is 0 Å². The van der Waals surface area contributed by atoms with Gasteiger partial charge in [0.05, 0.1) is 0 Å². The maximum absolute atomic E-state index is 12.6. The Morgan fingerprint density at radius 3 is 2.09 bits per heavy atom. The van der Waals surface area contributed by atoms with E-state index >= 15 is 0 Å². The van der Waals surface area contributed by atoms with Gasteiger partial charge in [-0.05, 0) is 48.6 Å². The van der Waals surface area contributed by atoms with E-state index < -0.39 is 23.1 Å². The Morgan fingerprint density at radius 1 is 1.09 bits per heavy atom. The average Bonchev–Trinajstić information content (AvgIpc) is 3.23. The van der Waals surface area contributed by atoms with Crippen molar-refractivity contribution in [2.45, 2.75) is 18.8 Å². The Morgan fingerprint density at radius 2 is 1.68 bits per heavy atom. The molecule has 0 spiro atoms.